The van der Waals surface area contributed by atoms with E-state index >= 15 is 0 Å². The molecule has 2 N–H and O–H groups in total. The van der Waals surface area contributed by atoms with Gasteiger partial charge >= 0.3 is 0 Å². The van der Waals surface area contributed by atoms with Crippen molar-refractivity contribution in [1.82, 2.24) is 4.90 Å². The van der Waals surface area contributed by atoms with E-state index in [-0.39, 0.29) is 17.9 Å². The van der Waals surface area contributed by atoms with Crippen molar-refractivity contribution in [2.24, 2.45) is 17.8 Å². The van der Waals surface area contributed by atoms with Gasteiger partial charge in [-0.25, -0.2) is 0 Å². The number of allylic oxidation sites excluding steroid dienone is 2. The van der Waals surface area contributed by atoms with Crippen LogP contribution in [0.1, 0.15) is 63.5 Å². The van der Waals surface area contributed by atoms with E-state index in [0.717, 1.165) is 50.8 Å². The number of fused-ring (bicyclic) bond motifs is 1. The largest absolute Gasteiger partial charge is 0.392 e. The fourth-order valence-electron chi connectivity index (χ4n) is 5.56. The Kier molecular flexibility index (Phi) is 9.12. The van der Waals surface area contributed by atoms with E-state index < -0.39 is 6.10 Å². The van der Waals surface area contributed by atoms with Crippen LogP contribution < -0.4 is 0 Å². The van der Waals surface area contributed by atoms with E-state index in [1.165, 1.54) is 11.1 Å². The third kappa shape index (κ3) is 6.55. The number of nitrogens with zero attached hydrogens (tertiary/aromatic N) is 1. The topological polar surface area (TPSA) is 60.8 Å². The minimum Gasteiger partial charge on any atom is -0.392 e. The van der Waals surface area contributed by atoms with Crippen LogP contribution >= 0.6 is 0 Å². The Morgan fingerprint density at radius 3 is 2.75 bits per heavy atom. The van der Waals surface area contributed by atoms with E-state index in [1.54, 1.807) is 0 Å². The summed E-state index contributed by atoms with van der Waals surface area (Å²) in [5.74, 6) is 1.27. The van der Waals surface area contributed by atoms with Gasteiger partial charge < -0.3 is 15.1 Å². The first-order valence-electron chi connectivity index (χ1n) is 12.5. The van der Waals surface area contributed by atoms with Crippen LogP contribution in [0.25, 0.3) is 0 Å². The zero-order chi connectivity index (χ0) is 23.1. The number of aliphatic hydroxyl groups excluding tert-OH is 2. The summed E-state index contributed by atoms with van der Waals surface area (Å²) < 4.78 is 0. The minimum atomic E-state index is -0.528. The van der Waals surface area contributed by atoms with Crippen molar-refractivity contribution >= 4 is 5.91 Å². The molecule has 0 heterocycles. The first-order valence-corrected chi connectivity index (χ1v) is 12.5. The molecule has 176 valence electrons. The van der Waals surface area contributed by atoms with Gasteiger partial charge in [-0.15, -0.1) is 0 Å². The molecule has 0 bridgehead atoms. The number of unbranched alkanes of at least 4 members (excludes halogenated alkanes) is 1. The highest BCUT2D eigenvalue weighted by atomic mass is 16.3. The Bertz CT molecular complexity index is 811. The molecule has 0 radical (unpaired) electrons. The number of carbonyl (C=O) groups excluding carboxylic acids is 1. The summed E-state index contributed by atoms with van der Waals surface area (Å²) in [5, 5.41) is 21.1. The van der Waals surface area contributed by atoms with Crippen LogP contribution in [-0.2, 0) is 11.2 Å². The molecule has 4 nitrogen and oxygen atoms in total. The fraction of sp³-hybridized carbons (Fsp3) is 0.607. The predicted molar refractivity (Wildman–Crippen MR) is 130 cm³/mol. The molecule has 32 heavy (non-hydrogen) atoms. The zero-order valence-electron chi connectivity index (χ0n) is 20.0. The number of amides is 1. The van der Waals surface area contributed by atoms with Crippen molar-refractivity contribution in [2.45, 2.75) is 77.9 Å². The number of benzene rings is 1. The van der Waals surface area contributed by atoms with Gasteiger partial charge in [0.15, 0.2) is 0 Å². The summed E-state index contributed by atoms with van der Waals surface area (Å²) in [6, 6.07) is 8.25. The lowest BCUT2D eigenvalue weighted by atomic mass is 9.88. The molecule has 1 fully saturated rings. The summed E-state index contributed by atoms with van der Waals surface area (Å²) in [7, 11) is 0. The van der Waals surface area contributed by atoms with E-state index in [4.69, 9.17) is 0 Å². The molecule has 1 aromatic carbocycles. The molecule has 2 aliphatic carbocycles. The van der Waals surface area contributed by atoms with Gasteiger partial charge in [0.25, 0.3) is 0 Å². The molecule has 1 saturated carbocycles. The number of carbonyl (C=O) groups is 1. The molecule has 0 aromatic heterocycles. The molecule has 0 aliphatic heterocycles. The summed E-state index contributed by atoms with van der Waals surface area (Å²) in [5.41, 5.74) is 3.83. The first kappa shape index (κ1) is 24.7. The quantitative estimate of drug-likeness (QED) is 0.384. The smallest absolute Gasteiger partial charge is 0.222 e. The predicted octanol–water partition coefficient (Wildman–Crippen LogP) is 4.83. The monoisotopic (exact) mass is 439 g/mol. The number of hydrogen-bond acceptors (Lipinski definition) is 3. The Balaban J connectivity index is 1.45. The Morgan fingerprint density at radius 1 is 1.25 bits per heavy atom. The second kappa shape index (κ2) is 11.8. The van der Waals surface area contributed by atoms with Crippen molar-refractivity contribution in [2.75, 3.05) is 13.1 Å². The number of aryl methyl sites for hydroxylation is 1. The number of aliphatic hydroxyl groups is 2. The van der Waals surface area contributed by atoms with Gasteiger partial charge in [-0.3, -0.25) is 4.79 Å². The van der Waals surface area contributed by atoms with Crippen molar-refractivity contribution in [3.63, 3.8) is 0 Å². The second-order valence-corrected chi connectivity index (χ2v) is 9.66. The van der Waals surface area contributed by atoms with E-state index in [0.29, 0.717) is 24.7 Å². The average molecular weight is 440 g/mol. The Labute approximate surface area is 194 Å². The molecule has 4 heteroatoms. The first-order chi connectivity index (χ1) is 15.4. The zero-order valence-corrected chi connectivity index (χ0v) is 20.0. The molecule has 2 aliphatic rings. The summed E-state index contributed by atoms with van der Waals surface area (Å²) >= 11 is 0. The van der Waals surface area contributed by atoms with Gasteiger partial charge in [-0.05, 0) is 70.3 Å². The van der Waals surface area contributed by atoms with Gasteiger partial charge in [0, 0.05) is 31.8 Å². The van der Waals surface area contributed by atoms with E-state index in [1.807, 2.05) is 37.0 Å². The van der Waals surface area contributed by atoms with Crippen LogP contribution in [0.5, 0.6) is 0 Å². The summed E-state index contributed by atoms with van der Waals surface area (Å²) in [6.07, 6.45) is 11.6. The maximum atomic E-state index is 12.2. The van der Waals surface area contributed by atoms with Gasteiger partial charge in [-0.1, -0.05) is 53.6 Å². The number of hydrogen-bond donors (Lipinski definition) is 2. The lowest BCUT2D eigenvalue weighted by molar-refractivity contribution is -0.130. The molecule has 0 spiro atoms. The third-order valence-corrected chi connectivity index (χ3v) is 7.29. The summed E-state index contributed by atoms with van der Waals surface area (Å²) in [6.45, 7) is 7.71. The average Bonchev–Trinajstić information content (AvgIpc) is 3.27. The van der Waals surface area contributed by atoms with Crippen molar-refractivity contribution < 1.29 is 15.0 Å². The van der Waals surface area contributed by atoms with Gasteiger partial charge in [0.2, 0.25) is 5.91 Å². The van der Waals surface area contributed by atoms with Crippen LogP contribution in [0.3, 0.4) is 0 Å². The Morgan fingerprint density at radius 2 is 2.03 bits per heavy atom. The molecule has 0 unspecified atom stereocenters. The van der Waals surface area contributed by atoms with Gasteiger partial charge in [0.1, 0.15) is 0 Å². The van der Waals surface area contributed by atoms with E-state index in [9.17, 15) is 15.0 Å². The lowest BCUT2D eigenvalue weighted by Gasteiger charge is -2.19. The van der Waals surface area contributed by atoms with E-state index in [2.05, 4.69) is 31.2 Å². The minimum absolute atomic E-state index is 0.116. The molecule has 3 rings (SSSR count). The van der Waals surface area contributed by atoms with Crippen LogP contribution in [0.15, 0.2) is 48.1 Å². The van der Waals surface area contributed by atoms with Gasteiger partial charge in [-0.2, -0.15) is 0 Å². The summed E-state index contributed by atoms with van der Waals surface area (Å²) in [4.78, 5) is 14.1. The Hall–Kier alpha value is -1.91. The van der Waals surface area contributed by atoms with Crippen molar-refractivity contribution in [3.8, 4) is 0 Å². The third-order valence-electron chi connectivity index (χ3n) is 7.29. The van der Waals surface area contributed by atoms with Crippen LogP contribution in [0.2, 0.25) is 0 Å². The lowest BCUT2D eigenvalue weighted by Crippen LogP contribution is -2.30. The molecular weight excluding hydrogens is 398 g/mol. The number of rotatable bonds is 11. The van der Waals surface area contributed by atoms with Gasteiger partial charge in [0.05, 0.1) is 12.2 Å². The standard InChI is InChI=1S/C28H41NO3/c1-4-29(5-2)28(32)12-7-6-10-22-16-23-19-27(31)25(26(23)18-22)14-13-24(30)17-21-11-8-9-20(3)15-21/h8-9,11,13-16,23-27,30-31H,4-7,10,12,17-19H2,1-3H3/t23-,24+,25+,26-,27+/m0/s1. The molecule has 0 saturated heterocycles. The normalized spacial score (nSPS) is 25.7. The fourth-order valence-corrected chi connectivity index (χ4v) is 5.56. The van der Waals surface area contributed by atoms with Crippen LogP contribution in [-0.4, -0.2) is 46.3 Å². The molecular formula is C28H41NO3. The van der Waals surface area contributed by atoms with Crippen LogP contribution in [0, 0.1) is 24.7 Å². The molecule has 1 amide bonds. The van der Waals surface area contributed by atoms with Crippen LogP contribution in [0.4, 0.5) is 0 Å². The highest BCUT2D eigenvalue weighted by Crippen LogP contribution is 2.48. The second-order valence-electron chi connectivity index (χ2n) is 9.66. The van der Waals surface area contributed by atoms with Crippen molar-refractivity contribution in [3.05, 3.63) is 59.2 Å². The van der Waals surface area contributed by atoms with Crippen molar-refractivity contribution in [1.29, 1.82) is 0 Å². The highest BCUT2D eigenvalue weighted by molar-refractivity contribution is 5.76. The maximum absolute atomic E-state index is 12.2. The maximum Gasteiger partial charge on any atom is 0.222 e. The SMILES string of the molecule is CCN(CC)C(=O)CCCCC1=C[C@H]2C[C@@H](O)[C@H](C=C[C@@H](O)Cc3cccc(C)c3)[C@H]2C1. The molecule has 1 aromatic rings. The molecule has 5 atom stereocenters. The highest BCUT2D eigenvalue weighted by Gasteiger charge is 2.43.